The van der Waals surface area contributed by atoms with Crippen LogP contribution in [-0.2, 0) is 18.9 Å². The van der Waals surface area contributed by atoms with Crippen molar-refractivity contribution >= 4 is 14.3 Å². The van der Waals surface area contributed by atoms with Crippen molar-refractivity contribution in [3.63, 3.8) is 0 Å². The van der Waals surface area contributed by atoms with Crippen LogP contribution < -0.4 is 0 Å². The second-order valence-electron chi connectivity index (χ2n) is 6.40. The van der Waals surface area contributed by atoms with Gasteiger partial charge >= 0.3 is 5.97 Å². The molecule has 0 aliphatic heterocycles. The molecule has 0 fully saturated rings. The highest BCUT2D eigenvalue weighted by Gasteiger charge is 2.41. The molecular formula is C14H31NO4Si. The third-order valence-electron chi connectivity index (χ3n) is 3.78. The third-order valence-corrected chi connectivity index (χ3v) is 8.03. The summed E-state index contributed by atoms with van der Waals surface area (Å²) in [6, 6.07) is -0.128. The summed E-state index contributed by atoms with van der Waals surface area (Å²) >= 11 is 0. The van der Waals surface area contributed by atoms with Gasteiger partial charge in [0.15, 0.2) is 0 Å². The number of hydroxylamine groups is 2. The van der Waals surface area contributed by atoms with Crippen LogP contribution in [0.3, 0.4) is 0 Å². The normalized spacial score (nSPS) is 14.4. The number of hydrogen-bond donors (Lipinski definition) is 0. The Morgan fingerprint density at radius 2 is 1.80 bits per heavy atom. The Morgan fingerprint density at radius 3 is 2.15 bits per heavy atom. The fourth-order valence-electron chi connectivity index (χ4n) is 1.34. The van der Waals surface area contributed by atoms with E-state index in [9.17, 15) is 4.79 Å². The molecule has 0 aliphatic rings. The van der Waals surface area contributed by atoms with E-state index < -0.39 is 8.32 Å². The van der Waals surface area contributed by atoms with Gasteiger partial charge in [-0.15, -0.1) is 0 Å². The molecule has 20 heavy (non-hydrogen) atoms. The van der Waals surface area contributed by atoms with Gasteiger partial charge in [-0.05, 0) is 31.5 Å². The number of hydrogen-bond acceptors (Lipinski definition) is 5. The lowest BCUT2D eigenvalue weighted by Gasteiger charge is -2.41. The van der Waals surface area contributed by atoms with Crippen LogP contribution >= 0.6 is 0 Å². The molecule has 0 heterocycles. The molecule has 1 unspecified atom stereocenters. The van der Waals surface area contributed by atoms with Gasteiger partial charge in [0.25, 0.3) is 0 Å². The van der Waals surface area contributed by atoms with Crippen LogP contribution in [0, 0.1) is 0 Å². The largest absolute Gasteiger partial charge is 0.469 e. The number of methoxy groups -OCH3 is 1. The smallest absolute Gasteiger partial charge is 0.307 e. The molecule has 0 aromatic carbocycles. The van der Waals surface area contributed by atoms with Crippen LogP contribution in [0.15, 0.2) is 0 Å². The fraction of sp³-hybridized carbons (Fsp3) is 0.929. The van der Waals surface area contributed by atoms with Gasteiger partial charge in [0.05, 0.1) is 26.2 Å². The van der Waals surface area contributed by atoms with Gasteiger partial charge in [0.2, 0.25) is 8.32 Å². The van der Waals surface area contributed by atoms with Crippen LogP contribution in [-0.4, -0.2) is 39.3 Å². The van der Waals surface area contributed by atoms with E-state index in [-0.39, 0.29) is 23.5 Å². The zero-order chi connectivity index (χ0) is 16.0. The van der Waals surface area contributed by atoms with E-state index in [1.54, 1.807) is 0 Å². The number of rotatable bonds is 8. The van der Waals surface area contributed by atoms with E-state index in [0.29, 0.717) is 6.61 Å². The Hall–Kier alpha value is -0.433. The first kappa shape index (κ1) is 19.6. The zero-order valence-electron chi connectivity index (χ0n) is 14.3. The molecule has 120 valence electrons. The summed E-state index contributed by atoms with van der Waals surface area (Å²) in [5, 5.41) is 1.61. The molecule has 1 atom stereocenters. The van der Waals surface area contributed by atoms with Crippen LogP contribution in [0.4, 0.5) is 0 Å². The highest BCUT2D eigenvalue weighted by Crippen LogP contribution is 2.37. The highest BCUT2D eigenvalue weighted by molar-refractivity contribution is 6.73. The lowest BCUT2D eigenvalue weighted by atomic mass is 10.2. The summed E-state index contributed by atoms with van der Waals surface area (Å²) in [6.45, 7) is 15.3. The fourth-order valence-corrected chi connectivity index (χ4v) is 2.26. The number of nitrogens with zero attached hydrogens (tertiary/aromatic N) is 1. The maximum absolute atomic E-state index is 11.5. The maximum atomic E-state index is 11.5. The average molecular weight is 305 g/mol. The SMILES string of the molecule is CCON(O[Si](C)(C)C(C)(C)C)C(CC)CC(=O)OC. The molecule has 0 spiro atoms. The summed E-state index contributed by atoms with van der Waals surface area (Å²) < 4.78 is 10.9. The standard InChI is InChI=1S/C14H31NO4Si/c1-9-12(11-13(16)17-6)15(18-10-2)19-20(7,8)14(3,4)5/h12H,9-11H2,1-8H3. The number of carbonyl (C=O) groups excluding carboxylic acids is 1. The van der Waals surface area contributed by atoms with Gasteiger partial charge in [-0.3, -0.25) is 9.63 Å². The molecule has 0 rings (SSSR count). The molecule has 0 saturated heterocycles. The van der Waals surface area contributed by atoms with E-state index in [0.717, 1.165) is 6.42 Å². The number of carbonyl (C=O) groups is 1. The summed E-state index contributed by atoms with van der Waals surface area (Å²) in [7, 11) is -0.599. The minimum absolute atomic E-state index is 0.0753. The summed E-state index contributed by atoms with van der Waals surface area (Å²) in [4.78, 5) is 17.1. The molecular weight excluding hydrogens is 274 g/mol. The van der Waals surface area contributed by atoms with Gasteiger partial charge in [-0.1, -0.05) is 32.9 Å². The average Bonchev–Trinajstić information content (AvgIpc) is 2.33. The van der Waals surface area contributed by atoms with Gasteiger partial charge in [0.1, 0.15) is 0 Å². The van der Waals surface area contributed by atoms with E-state index in [1.165, 1.54) is 12.3 Å². The zero-order valence-corrected chi connectivity index (χ0v) is 15.3. The molecule has 0 bridgehead atoms. The van der Waals surface area contributed by atoms with Crippen molar-refractivity contribution in [2.24, 2.45) is 0 Å². The second-order valence-corrected chi connectivity index (χ2v) is 11.1. The predicted molar refractivity (Wildman–Crippen MR) is 82.5 cm³/mol. The third kappa shape index (κ3) is 5.91. The quantitative estimate of drug-likeness (QED) is 0.390. The van der Waals surface area contributed by atoms with Gasteiger partial charge < -0.3 is 9.26 Å². The second kappa shape index (κ2) is 8.12. The lowest BCUT2D eigenvalue weighted by molar-refractivity contribution is -0.347. The Morgan fingerprint density at radius 1 is 1.25 bits per heavy atom. The molecule has 6 heteroatoms. The van der Waals surface area contributed by atoms with E-state index >= 15 is 0 Å². The highest BCUT2D eigenvalue weighted by atomic mass is 28.4. The van der Waals surface area contributed by atoms with Gasteiger partial charge in [-0.2, -0.15) is 0 Å². The first-order valence-corrected chi connectivity index (χ1v) is 10.2. The lowest BCUT2D eigenvalue weighted by Crippen LogP contribution is -2.50. The van der Waals surface area contributed by atoms with Crippen molar-refractivity contribution in [3.8, 4) is 0 Å². The molecule has 0 aromatic heterocycles. The predicted octanol–water partition coefficient (Wildman–Crippen LogP) is 3.52. The first-order valence-electron chi connectivity index (χ1n) is 7.27. The van der Waals surface area contributed by atoms with E-state index in [1.807, 2.05) is 13.8 Å². The van der Waals surface area contributed by atoms with Crippen LogP contribution in [0.5, 0.6) is 0 Å². The monoisotopic (exact) mass is 305 g/mol. The number of ether oxygens (including phenoxy) is 1. The van der Waals surface area contributed by atoms with Gasteiger partial charge in [0, 0.05) is 0 Å². The van der Waals surface area contributed by atoms with Crippen LogP contribution in [0.1, 0.15) is 47.5 Å². The number of esters is 1. The molecule has 0 amide bonds. The summed E-state index contributed by atoms with van der Waals surface area (Å²) in [5.41, 5.74) is 0. The van der Waals surface area contributed by atoms with Crippen molar-refractivity contribution in [1.82, 2.24) is 5.23 Å². The Labute approximate surface area is 124 Å². The Balaban J connectivity index is 4.97. The molecule has 0 aliphatic carbocycles. The van der Waals surface area contributed by atoms with Crippen LogP contribution in [0.25, 0.3) is 0 Å². The van der Waals surface area contributed by atoms with Crippen molar-refractivity contribution in [1.29, 1.82) is 0 Å². The van der Waals surface area contributed by atoms with E-state index in [2.05, 4.69) is 33.9 Å². The molecule has 0 radical (unpaired) electrons. The molecule has 0 aromatic rings. The van der Waals surface area contributed by atoms with E-state index in [4.69, 9.17) is 14.1 Å². The maximum Gasteiger partial charge on any atom is 0.307 e. The van der Waals surface area contributed by atoms with Crippen molar-refractivity contribution in [2.45, 2.75) is 71.6 Å². The van der Waals surface area contributed by atoms with Crippen molar-refractivity contribution in [3.05, 3.63) is 0 Å². The summed E-state index contributed by atoms with van der Waals surface area (Å²) in [6.07, 6.45) is 1.02. The first-order chi connectivity index (χ1) is 9.09. The van der Waals surface area contributed by atoms with Crippen LogP contribution in [0.2, 0.25) is 18.1 Å². The molecule has 0 N–H and O–H groups in total. The molecule has 5 nitrogen and oxygen atoms in total. The molecule has 0 saturated carbocycles. The minimum atomic E-state index is -2.00. The Kier molecular flexibility index (Phi) is 7.94. The van der Waals surface area contributed by atoms with Gasteiger partial charge in [-0.25, -0.2) is 0 Å². The Bertz CT molecular complexity index is 302. The van der Waals surface area contributed by atoms with Crippen molar-refractivity contribution in [2.75, 3.05) is 13.7 Å². The van der Waals surface area contributed by atoms with Crippen molar-refractivity contribution < 1.29 is 18.9 Å². The minimum Gasteiger partial charge on any atom is -0.469 e. The topological polar surface area (TPSA) is 48.0 Å². The summed E-state index contributed by atoms with van der Waals surface area (Å²) in [5.74, 6) is -0.250.